The number of likely N-dealkylation sites (tertiary alicyclic amines) is 1. The summed E-state index contributed by atoms with van der Waals surface area (Å²) in [6, 6.07) is 3.67. The van der Waals surface area contributed by atoms with E-state index in [1.807, 2.05) is 12.1 Å². The Morgan fingerprint density at radius 2 is 2.29 bits per heavy atom. The molecule has 2 aliphatic rings. The third-order valence-corrected chi connectivity index (χ3v) is 4.19. The summed E-state index contributed by atoms with van der Waals surface area (Å²) in [5.41, 5.74) is -0.808. The van der Waals surface area contributed by atoms with E-state index in [0.29, 0.717) is 31.7 Å². The topological polar surface area (TPSA) is 71.5 Å². The van der Waals surface area contributed by atoms with E-state index in [4.69, 9.17) is 4.74 Å². The molecule has 21 heavy (non-hydrogen) atoms. The van der Waals surface area contributed by atoms with Crippen molar-refractivity contribution in [1.82, 2.24) is 15.2 Å². The van der Waals surface area contributed by atoms with E-state index in [-0.39, 0.29) is 17.9 Å². The number of rotatable bonds is 4. The van der Waals surface area contributed by atoms with Crippen LogP contribution in [0, 0.1) is 5.41 Å². The quantitative estimate of drug-likeness (QED) is 0.823. The number of aromatic nitrogens is 1. The van der Waals surface area contributed by atoms with Gasteiger partial charge < -0.3 is 15.0 Å². The molecular formula is C15H19N3O3. The van der Waals surface area contributed by atoms with Gasteiger partial charge in [-0.2, -0.15) is 0 Å². The zero-order chi connectivity index (χ0) is 14.9. The van der Waals surface area contributed by atoms with Gasteiger partial charge in [0, 0.05) is 26.2 Å². The Bertz CT molecular complexity index is 542. The number of pyridine rings is 1. The minimum atomic E-state index is -0.808. The van der Waals surface area contributed by atoms with Crippen molar-refractivity contribution < 1.29 is 14.3 Å². The first-order valence-electron chi connectivity index (χ1n) is 7.24. The first-order chi connectivity index (χ1) is 10.2. The number of amides is 2. The zero-order valence-electron chi connectivity index (χ0n) is 12.0. The lowest BCUT2D eigenvalue weighted by Gasteiger charge is -2.22. The Hall–Kier alpha value is -2.11. The van der Waals surface area contributed by atoms with Gasteiger partial charge in [0.25, 0.3) is 0 Å². The second-order valence-corrected chi connectivity index (χ2v) is 5.63. The molecule has 1 aromatic heterocycles. The normalized spacial score (nSPS) is 22.7. The van der Waals surface area contributed by atoms with Crippen molar-refractivity contribution in [2.24, 2.45) is 5.41 Å². The largest absolute Gasteiger partial charge is 0.487 e. The van der Waals surface area contributed by atoms with Crippen LogP contribution >= 0.6 is 0 Å². The summed E-state index contributed by atoms with van der Waals surface area (Å²) in [4.78, 5) is 30.2. The number of nitrogens with one attached hydrogen (secondary N) is 1. The number of hydrogen-bond donors (Lipinski definition) is 1. The summed E-state index contributed by atoms with van der Waals surface area (Å²) >= 11 is 0. The fraction of sp³-hybridized carbons (Fsp3) is 0.533. The monoisotopic (exact) mass is 289 g/mol. The number of ether oxygens (including phenoxy) is 1. The molecule has 3 rings (SSSR count). The highest BCUT2D eigenvalue weighted by atomic mass is 16.5. The Balaban J connectivity index is 1.60. The highest BCUT2D eigenvalue weighted by Gasteiger charge is 2.58. The standard InChI is InChI=1S/C15H19N3O3/c1-16-13(19)15(5-6-15)14(20)18-8-4-12(10-18)21-11-3-2-7-17-9-11/h2-3,7,9,12H,4-6,8,10H2,1H3,(H,16,19). The molecule has 1 unspecified atom stereocenters. The molecule has 0 spiro atoms. The molecule has 0 aromatic carbocycles. The van der Waals surface area contributed by atoms with Crippen LogP contribution in [0.2, 0.25) is 0 Å². The van der Waals surface area contributed by atoms with Crippen LogP contribution in [0.4, 0.5) is 0 Å². The molecule has 2 amide bonds. The molecule has 1 saturated heterocycles. The van der Waals surface area contributed by atoms with Gasteiger partial charge in [-0.25, -0.2) is 0 Å². The average Bonchev–Trinajstić information content (AvgIpc) is 3.21. The van der Waals surface area contributed by atoms with Gasteiger partial charge in [-0.05, 0) is 25.0 Å². The maximum atomic E-state index is 12.5. The van der Waals surface area contributed by atoms with Crippen molar-refractivity contribution in [3.05, 3.63) is 24.5 Å². The van der Waals surface area contributed by atoms with Crippen molar-refractivity contribution >= 4 is 11.8 Å². The van der Waals surface area contributed by atoms with Crippen molar-refractivity contribution in [3.63, 3.8) is 0 Å². The SMILES string of the molecule is CNC(=O)C1(C(=O)N2CCC(Oc3cccnc3)C2)CC1. The van der Waals surface area contributed by atoms with Gasteiger partial charge in [0.2, 0.25) is 11.8 Å². The van der Waals surface area contributed by atoms with Crippen LogP contribution in [0.3, 0.4) is 0 Å². The maximum absolute atomic E-state index is 12.5. The number of carbonyl (C=O) groups is 2. The summed E-state index contributed by atoms with van der Waals surface area (Å²) in [5, 5.41) is 2.60. The van der Waals surface area contributed by atoms with E-state index in [1.54, 1.807) is 24.3 Å². The van der Waals surface area contributed by atoms with Crippen LogP contribution in [-0.4, -0.2) is 47.9 Å². The minimum Gasteiger partial charge on any atom is -0.487 e. The number of hydrogen-bond acceptors (Lipinski definition) is 4. The molecule has 112 valence electrons. The summed E-state index contributed by atoms with van der Waals surface area (Å²) in [7, 11) is 1.58. The Morgan fingerprint density at radius 1 is 1.48 bits per heavy atom. The fourth-order valence-corrected chi connectivity index (χ4v) is 2.82. The Kier molecular flexibility index (Phi) is 3.53. The molecule has 1 aromatic rings. The highest BCUT2D eigenvalue weighted by molar-refractivity contribution is 6.07. The van der Waals surface area contributed by atoms with Crippen LogP contribution in [0.5, 0.6) is 5.75 Å². The lowest BCUT2D eigenvalue weighted by Crippen LogP contribution is -2.44. The Morgan fingerprint density at radius 3 is 2.90 bits per heavy atom. The molecule has 6 nitrogen and oxygen atoms in total. The van der Waals surface area contributed by atoms with Gasteiger partial charge in [-0.3, -0.25) is 14.6 Å². The zero-order valence-corrected chi connectivity index (χ0v) is 12.0. The van der Waals surface area contributed by atoms with Gasteiger partial charge in [0.15, 0.2) is 0 Å². The van der Waals surface area contributed by atoms with Crippen molar-refractivity contribution in [2.75, 3.05) is 20.1 Å². The van der Waals surface area contributed by atoms with Crippen LogP contribution in [0.25, 0.3) is 0 Å². The summed E-state index contributed by atoms with van der Waals surface area (Å²) in [5.74, 6) is 0.493. The van der Waals surface area contributed by atoms with Gasteiger partial charge in [-0.15, -0.1) is 0 Å². The van der Waals surface area contributed by atoms with E-state index in [2.05, 4.69) is 10.3 Å². The first kappa shape index (κ1) is 13.9. The van der Waals surface area contributed by atoms with Gasteiger partial charge in [0.1, 0.15) is 17.3 Å². The second-order valence-electron chi connectivity index (χ2n) is 5.63. The van der Waals surface area contributed by atoms with Crippen molar-refractivity contribution in [3.8, 4) is 5.75 Å². The molecule has 1 atom stereocenters. The van der Waals surface area contributed by atoms with E-state index in [9.17, 15) is 9.59 Å². The van der Waals surface area contributed by atoms with Crippen LogP contribution in [-0.2, 0) is 9.59 Å². The molecule has 6 heteroatoms. The van der Waals surface area contributed by atoms with E-state index >= 15 is 0 Å². The molecule has 0 radical (unpaired) electrons. The van der Waals surface area contributed by atoms with E-state index in [1.165, 1.54) is 0 Å². The molecule has 1 saturated carbocycles. The third-order valence-electron chi connectivity index (χ3n) is 4.19. The lowest BCUT2D eigenvalue weighted by molar-refractivity contribution is -0.143. The summed E-state index contributed by atoms with van der Waals surface area (Å²) in [6.45, 7) is 1.18. The van der Waals surface area contributed by atoms with E-state index < -0.39 is 5.41 Å². The van der Waals surface area contributed by atoms with Gasteiger partial charge in [-0.1, -0.05) is 0 Å². The fourth-order valence-electron chi connectivity index (χ4n) is 2.82. The molecular weight excluding hydrogens is 270 g/mol. The second kappa shape index (κ2) is 5.35. The average molecular weight is 289 g/mol. The first-order valence-corrected chi connectivity index (χ1v) is 7.24. The molecule has 2 fully saturated rings. The predicted molar refractivity (Wildman–Crippen MR) is 75.6 cm³/mol. The van der Waals surface area contributed by atoms with Crippen molar-refractivity contribution in [1.29, 1.82) is 0 Å². The molecule has 1 N–H and O–H groups in total. The van der Waals surface area contributed by atoms with E-state index in [0.717, 1.165) is 6.42 Å². The van der Waals surface area contributed by atoms with Gasteiger partial charge >= 0.3 is 0 Å². The van der Waals surface area contributed by atoms with Crippen LogP contribution in [0.15, 0.2) is 24.5 Å². The van der Waals surface area contributed by atoms with Crippen molar-refractivity contribution in [2.45, 2.75) is 25.4 Å². The third kappa shape index (κ3) is 2.57. The van der Waals surface area contributed by atoms with Gasteiger partial charge in [0.05, 0.1) is 12.7 Å². The summed E-state index contributed by atoms with van der Waals surface area (Å²) in [6.07, 6.45) is 5.41. The van der Waals surface area contributed by atoms with Crippen LogP contribution < -0.4 is 10.1 Å². The molecule has 1 aliphatic carbocycles. The van der Waals surface area contributed by atoms with Crippen LogP contribution in [0.1, 0.15) is 19.3 Å². The Labute approximate surface area is 123 Å². The summed E-state index contributed by atoms with van der Waals surface area (Å²) < 4.78 is 5.82. The molecule has 2 heterocycles. The molecule has 0 bridgehead atoms. The molecule has 1 aliphatic heterocycles. The smallest absolute Gasteiger partial charge is 0.238 e. The number of nitrogens with zero attached hydrogens (tertiary/aromatic N) is 2. The highest BCUT2D eigenvalue weighted by Crippen LogP contribution is 2.47. The predicted octanol–water partition coefficient (Wildman–Crippen LogP) is 0.587. The lowest BCUT2D eigenvalue weighted by atomic mass is 10.0. The maximum Gasteiger partial charge on any atom is 0.238 e. The minimum absolute atomic E-state index is 0.0290. The number of carbonyl (C=O) groups excluding carboxylic acids is 2.